The van der Waals surface area contributed by atoms with Crippen LogP contribution >= 0.6 is 15.9 Å². The van der Waals surface area contributed by atoms with E-state index in [0.717, 1.165) is 22.1 Å². The lowest BCUT2D eigenvalue weighted by Crippen LogP contribution is -2.39. The number of allylic oxidation sites excluding steroid dienone is 2. The highest BCUT2D eigenvalue weighted by molar-refractivity contribution is 9.10. The third-order valence-corrected chi connectivity index (χ3v) is 5.68. The fourth-order valence-corrected chi connectivity index (χ4v) is 4.51. The van der Waals surface area contributed by atoms with Gasteiger partial charge in [-0.1, -0.05) is 34.1 Å². The first-order valence-corrected chi connectivity index (χ1v) is 8.01. The molecule has 1 saturated carbocycles. The van der Waals surface area contributed by atoms with Gasteiger partial charge in [0.25, 0.3) is 0 Å². The van der Waals surface area contributed by atoms with Crippen LogP contribution < -0.4 is 4.90 Å². The normalized spacial score (nSPS) is 32.0. The molecule has 0 radical (unpaired) electrons. The summed E-state index contributed by atoms with van der Waals surface area (Å²) in [4.78, 5) is 13.9. The van der Waals surface area contributed by atoms with Crippen LogP contribution in [0.25, 0.3) is 0 Å². The topological polar surface area (TPSA) is 64.3 Å². The minimum atomic E-state index is -1.36. The molecule has 4 atom stereocenters. The Morgan fingerprint density at radius 3 is 2.73 bits per heavy atom. The minimum Gasteiger partial charge on any atom is -0.480 e. The van der Waals surface area contributed by atoms with E-state index in [-0.39, 0.29) is 17.8 Å². The van der Waals surface area contributed by atoms with Crippen LogP contribution in [-0.2, 0) is 4.79 Å². The van der Waals surface area contributed by atoms with Gasteiger partial charge in [-0.05, 0) is 30.0 Å². The van der Waals surface area contributed by atoms with E-state index in [1.165, 1.54) is 0 Å². The van der Waals surface area contributed by atoms with Crippen LogP contribution in [0.3, 0.4) is 0 Å². The number of rotatable bonds is 3. The molecule has 3 rings (SSSR count). The van der Waals surface area contributed by atoms with Crippen molar-refractivity contribution in [1.29, 1.82) is 5.26 Å². The van der Waals surface area contributed by atoms with E-state index in [2.05, 4.69) is 28.1 Å². The van der Waals surface area contributed by atoms with Gasteiger partial charge in [-0.2, -0.15) is 5.26 Å². The Labute approximate surface area is 138 Å². The Balaban J connectivity index is 2.13. The number of nitriles is 1. The molecule has 0 heterocycles. The average Bonchev–Trinajstić information content (AvgIpc) is 3.06. The fraction of sp³-hybridized carbons (Fsp3) is 0.412. The molecule has 1 aromatic carbocycles. The van der Waals surface area contributed by atoms with Crippen molar-refractivity contribution in [1.82, 2.24) is 0 Å². The highest BCUT2D eigenvalue weighted by Crippen LogP contribution is 2.61. The maximum Gasteiger partial charge on any atom is 0.325 e. The van der Waals surface area contributed by atoms with Crippen molar-refractivity contribution in [2.24, 2.45) is 17.3 Å². The first kappa shape index (κ1) is 15.1. The summed E-state index contributed by atoms with van der Waals surface area (Å²) in [6, 6.07) is 8.04. The Hall–Kier alpha value is -1.80. The van der Waals surface area contributed by atoms with Gasteiger partial charge in [0.05, 0.1) is 6.07 Å². The van der Waals surface area contributed by atoms with E-state index in [1.54, 1.807) is 0 Å². The summed E-state index contributed by atoms with van der Waals surface area (Å²) in [5.74, 6) is -1.41. The summed E-state index contributed by atoms with van der Waals surface area (Å²) in [7, 11) is 3.91. The number of carboxylic acid groups (broad SMARTS) is 1. The molecule has 0 spiro atoms. The predicted molar refractivity (Wildman–Crippen MR) is 87.6 cm³/mol. The molecule has 2 aliphatic carbocycles. The molecule has 0 aliphatic heterocycles. The number of anilines is 1. The fourth-order valence-electron chi connectivity index (χ4n) is 3.89. The molecule has 22 heavy (non-hydrogen) atoms. The van der Waals surface area contributed by atoms with Crippen LogP contribution in [0.15, 0.2) is 34.8 Å². The Bertz CT molecular complexity index is 707. The molecule has 0 unspecified atom stereocenters. The summed E-state index contributed by atoms with van der Waals surface area (Å²) in [6.45, 7) is 0. The van der Waals surface area contributed by atoms with Gasteiger partial charge in [0, 0.05) is 36.1 Å². The summed E-state index contributed by atoms with van der Waals surface area (Å²) in [5, 5.41) is 19.5. The molecule has 2 aliphatic rings. The maximum atomic E-state index is 11.9. The molecule has 2 bridgehead atoms. The molecule has 0 amide bonds. The number of hydrogen-bond donors (Lipinski definition) is 1. The number of nitrogens with zero attached hydrogens (tertiary/aromatic N) is 2. The summed E-state index contributed by atoms with van der Waals surface area (Å²) in [5.41, 5.74) is 0.584. The number of aliphatic carboxylic acids is 1. The third kappa shape index (κ3) is 1.90. The van der Waals surface area contributed by atoms with Crippen molar-refractivity contribution in [3.05, 3.63) is 40.4 Å². The third-order valence-electron chi connectivity index (χ3n) is 4.99. The van der Waals surface area contributed by atoms with E-state index in [9.17, 15) is 15.2 Å². The van der Waals surface area contributed by atoms with Gasteiger partial charge in [0.1, 0.15) is 0 Å². The second kappa shape index (κ2) is 5.13. The summed E-state index contributed by atoms with van der Waals surface area (Å²) in [6.07, 6.45) is 4.72. The van der Waals surface area contributed by atoms with Gasteiger partial charge in [0.2, 0.25) is 0 Å². The molecular weight excluding hydrogens is 344 g/mol. The van der Waals surface area contributed by atoms with E-state index in [4.69, 9.17) is 0 Å². The van der Waals surface area contributed by atoms with Gasteiger partial charge in [0.15, 0.2) is 5.41 Å². The van der Waals surface area contributed by atoms with Crippen LogP contribution in [0.4, 0.5) is 5.69 Å². The van der Waals surface area contributed by atoms with Gasteiger partial charge >= 0.3 is 5.97 Å². The number of fused-ring (bicyclic) bond motifs is 2. The molecule has 1 aromatic rings. The number of halogens is 1. The van der Waals surface area contributed by atoms with Gasteiger partial charge in [-0.15, -0.1) is 0 Å². The van der Waals surface area contributed by atoms with Crippen molar-refractivity contribution in [2.75, 3.05) is 19.0 Å². The second-order valence-corrected chi connectivity index (χ2v) is 7.11. The highest BCUT2D eigenvalue weighted by Gasteiger charge is 2.62. The van der Waals surface area contributed by atoms with Gasteiger partial charge in [-0.25, -0.2) is 0 Å². The van der Waals surface area contributed by atoms with Crippen molar-refractivity contribution in [3.8, 4) is 6.07 Å². The zero-order chi connectivity index (χ0) is 16.1. The molecule has 1 N–H and O–H groups in total. The van der Waals surface area contributed by atoms with Crippen molar-refractivity contribution < 1.29 is 9.90 Å². The quantitative estimate of drug-likeness (QED) is 0.839. The van der Waals surface area contributed by atoms with E-state index in [1.807, 2.05) is 43.3 Å². The van der Waals surface area contributed by atoms with E-state index >= 15 is 0 Å². The Kier molecular flexibility index (Phi) is 3.53. The van der Waals surface area contributed by atoms with Crippen molar-refractivity contribution in [3.63, 3.8) is 0 Å². The lowest BCUT2D eigenvalue weighted by Gasteiger charge is -2.33. The SMILES string of the molecule is CN(C)c1ccc([C@@H]2[C@@H]3C=C[C@@H](C3)[C@@]2(C#N)C(=O)O)c(Br)c1. The first-order chi connectivity index (χ1) is 10.4. The van der Waals surface area contributed by atoms with Crippen LogP contribution in [0.5, 0.6) is 0 Å². The number of benzene rings is 1. The predicted octanol–water partition coefficient (Wildman–Crippen LogP) is 3.40. The molecule has 5 heteroatoms. The minimum absolute atomic E-state index is 0.113. The van der Waals surface area contributed by atoms with Gasteiger partial charge < -0.3 is 10.0 Å². The Morgan fingerprint density at radius 2 is 2.18 bits per heavy atom. The first-order valence-electron chi connectivity index (χ1n) is 7.21. The molecule has 114 valence electrons. The van der Waals surface area contributed by atoms with Crippen LogP contribution in [0.1, 0.15) is 17.9 Å². The van der Waals surface area contributed by atoms with Crippen LogP contribution in [0.2, 0.25) is 0 Å². The zero-order valence-electron chi connectivity index (χ0n) is 12.5. The van der Waals surface area contributed by atoms with Crippen molar-refractivity contribution in [2.45, 2.75) is 12.3 Å². The molecule has 0 saturated heterocycles. The van der Waals surface area contributed by atoms with E-state index in [0.29, 0.717) is 0 Å². The van der Waals surface area contributed by atoms with Crippen LogP contribution in [-0.4, -0.2) is 25.2 Å². The largest absolute Gasteiger partial charge is 0.480 e. The average molecular weight is 361 g/mol. The smallest absolute Gasteiger partial charge is 0.325 e. The molecular formula is C17H17BrN2O2. The molecule has 0 aromatic heterocycles. The molecule has 4 nitrogen and oxygen atoms in total. The van der Waals surface area contributed by atoms with E-state index < -0.39 is 11.4 Å². The lowest BCUT2D eigenvalue weighted by molar-refractivity contribution is -0.147. The number of carboxylic acids is 1. The van der Waals surface area contributed by atoms with Crippen molar-refractivity contribution >= 4 is 27.6 Å². The summed E-state index contributed by atoms with van der Waals surface area (Å²) < 4.78 is 0.866. The standard InChI is InChI=1S/C17H17BrN2O2/c1-20(2)12-5-6-13(14(18)8-12)15-10-3-4-11(7-10)17(15,9-19)16(21)22/h3-6,8,10-11,15H,7H2,1-2H3,(H,21,22)/t10-,11+,15+,17-/m1/s1. The molecule has 1 fully saturated rings. The maximum absolute atomic E-state index is 11.9. The van der Waals surface area contributed by atoms with Gasteiger partial charge in [-0.3, -0.25) is 4.79 Å². The van der Waals surface area contributed by atoms with Crippen LogP contribution in [0, 0.1) is 28.6 Å². The second-order valence-electron chi connectivity index (χ2n) is 6.25. The highest BCUT2D eigenvalue weighted by atomic mass is 79.9. The monoisotopic (exact) mass is 360 g/mol. The summed E-state index contributed by atoms with van der Waals surface area (Å²) >= 11 is 3.57. The Morgan fingerprint density at radius 1 is 1.45 bits per heavy atom. The number of carbonyl (C=O) groups is 1. The zero-order valence-corrected chi connectivity index (χ0v) is 14.0. The lowest BCUT2D eigenvalue weighted by atomic mass is 9.67. The number of hydrogen-bond acceptors (Lipinski definition) is 3.